The van der Waals surface area contributed by atoms with Gasteiger partial charge >= 0.3 is 0 Å². The van der Waals surface area contributed by atoms with E-state index in [1.54, 1.807) is 25.0 Å². The fourth-order valence-electron chi connectivity index (χ4n) is 3.83. The number of para-hydroxylation sites is 1. The lowest BCUT2D eigenvalue weighted by Gasteiger charge is -2.34. The maximum Gasteiger partial charge on any atom is 0.250 e. The number of fused-ring (bicyclic) bond motifs is 1. The Hall–Kier alpha value is -4.15. The summed E-state index contributed by atoms with van der Waals surface area (Å²) in [4.78, 5) is 13.5. The van der Waals surface area contributed by atoms with Crippen LogP contribution in [0.15, 0.2) is 42.5 Å². The van der Waals surface area contributed by atoms with E-state index in [1.807, 2.05) is 36.4 Å². The normalized spacial score (nSPS) is 14.1. The Balaban J connectivity index is 1.37. The highest BCUT2D eigenvalue weighted by Crippen LogP contribution is 2.34. The molecule has 0 unspecified atom stereocenters. The predicted molar refractivity (Wildman–Crippen MR) is 121 cm³/mol. The monoisotopic (exact) mass is 433 g/mol. The van der Waals surface area contributed by atoms with Crippen molar-refractivity contribution in [3.8, 4) is 17.2 Å². The smallest absolute Gasteiger partial charge is 0.250 e. The molecule has 32 heavy (non-hydrogen) atoms. The van der Waals surface area contributed by atoms with Crippen LogP contribution < -0.4 is 25.0 Å². The lowest BCUT2D eigenvalue weighted by molar-refractivity contribution is 0.356. The number of nitrogen functional groups attached to an aromatic ring is 1. The lowest BCUT2D eigenvalue weighted by Crippen LogP contribution is -2.48. The van der Waals surface area contributed by atoms with Gasteiger partial charge in [0.15, 0.2) is 11.5 Å². The fourth-order valence-corrected chi connectivity index (χ4v) is 3.83. The summed E-state index contributed by atoms with van der Waals surface area (Å²) in [6.45, 7) is 2.86. The van der Waals surface area contributed by atoms with Crippen molar-refractivity contribution in [2.75, 3.05) is 55.9 Å². The van der Waals surface area contributed by atoms with Gasteiger partial charge in [-0.15, -0.1) is 0 Å². The summed E-state index contributed by atoms with van der Waals surface area (Å²) in [7, 11) is 3.18. The van der Waals surface area contributed by atoms with Crippen LogP contribution in [0.5, 0.6) is 11.5 Å². The van der Waals surface area contributed by atoms with Crippen molar-refractivity contribution in [3.05, 3.63) is 42.5 Å². The van der Waals surface area contributed by atoms with Crippen LogP contribution in [0.2, 0.25) is 0 Å². The molecule has 1 fully saturated rings. The maximum absolute atomic E-state index is 6.25. The SMILES string of the molecule is COc1cc2nc(N3CCN(c4nnnn4-c4ccccc4)CC3)nc(N)c2cc1OC. The Bertz CT molecular complexity index is 1240. The zero-order valence-corrected chi connectivity index (χ0v) is 17.8. The number of ether oxygens (including phenoxy) is 2. The number of tetrazole rings is 1. The highest BCUT2D eigenvalue weighted by molar-refractivity contribution is 5.91. The molecule has 0 radical (unpaired) electrons. The van der Waals surface area contributed by atoms with E-state index in [0.717, 1.165) is 24.2 Å². The second kappa shape index (κ2) is 8.17. The number of anilines is 3. The number of methoxy groups -OCH3 is 2. The van der Waals surface area contributed by atoms with Gasteiger partial charge in [0.25, 0.3) is 0 Å². The van der Waals surface area contributed by atoms with E-state index in [4.69, 9.17) is 20.2 Å². The molecule has 0 amide bonds. The average molecular weight is 433 g/mol. The molecule has 1 aliphatic rings. The van der Waals surface area contributed by atoms with Crippen LogP contribution in [0.3, 0.4) is 0 Å². The van der Waals surface area contributed by atoms with Gasteiger partial charge in [0.2, 0.25) is 11.9 Å². The molecular weight excluding hydrogens is 410 g/mol. The molecule has 3 heterocycles. The largest absolute Gasteiger partial charge is 0.493 e. The molecule has 11 nitrogen and oxygen atoms in total. The van der Waals surface area contributed by atoms with Gasteiger partial charge in [0.05, 0.1) is 25.4 Å². The van der Waals surface area contributed by atoms with Gasteiger partial charge in [-0.1, -0.05) is 23.3 Å². The summed E-state index contributed by atoms with van der Waals surface area (Å²) >= 11 is 0. The second-order valence-corrected chi connectivity index (χ2v) is 7.33. The molecule has 1 saturated heterocycles. The number of nitrogens with zero attached hydrogens (tertiary/aromatic N) is 8. The predicted octanol–water partition coefficient (Wildman–Crippen LogP) is 1.53. The summed E-state index contributed by atoms with van der Waals surface area (Å²) < 4.78 is 12.5. The van der Waals surface area contributed by atoms with Crippen molar-refractivity contribution >= 4 is 28.6 Å². The highest BCUT2D eigenvalue weighted by Gasteiger charge is 2.24. The van der Waals surface area contributed by atoms with E-state index in [0.29, 0.717) is 47.8 Å². The van der Waals surface area contributed by atoms with Crippen LogP contribution in [-0.2, 0) is 0 Å². The number of rotatable bonds is 5. The third kappa shape index (κ3) is 3.47. The van der Waals surface area contributed by atoms with Gasteiger partial charge < -0.3 is 25.0 Å². The first-order valence-electron chi connectivity index (χ1n) is 10.2. The van der Waals surface area contributed by atoms with Crippen LogP contribution in [0, 0.1) is 0 Å². The molecule has 0 atom stereocenters. The Morgan fingerprint density at radius 2 is 1.56 bits per heavy atom. The first-order valence-corrected chi connectivity index (χ1v) is 10.2. The van der Waals surface area contributed by atoms with Crippen molar-refractivity contribution in [3.63, 3.8) is 0 Å². The standard InChI is InChI=1S/C21H23N9O2/c1-31-17-12-15-16(13-18(17)32-2)23-20(24-19(15)22)28-8-10-29(11-9-28)21-25-26-27-30(21)14-6-4-3-5-7-14/h3-7,12-13H,8-11H2,1-2H3,(H2,22,23,24). The Kier molecular flexibility index (Phi) is 5.06. The molecule has 2 aromatic carbocycles. The molecule has 0 bridgehead atoms. The average Bonchev–Trinajstić information content (AvgIpc) is 3.34. The number of hydrogen-bond donors (Lipinski definition) is 1. The minimum absolute atomic E-state index is 0.404. The third-order valence-corrected chi connectivity index (χ3v) is 5.52. The fraction of sp³-hybridized carbons (Fsp3) is 0.286. The first-order chi connectivity index (χ1) is 15.7. The summed E-state index contributed by atoms with van der Waals surface area (Å²) in [6.07, 6.45) is 0. The number of aromatic nitrogens is 6. The minimum Gasteiger partial charge on any atom is -0.493 e. The molecule has 0 aliphatic carbocycles. The molecule has 0 saturated carbocycles. The zero-order chi connectivity index (χ0) is 22.1. The second-order valence-electron chi connectivity index (χ2n) is 7.33. The van der Waals surface area contributed by atoms with E-state index in [9.17, 15) is 0 Å². The molecule has 11 heteroatoms. The van der Waals surface area contributed by atoms with Crippen molar-refractivity contribution in [1.29, 1.82) is 0 Å². The third-order valence-electron chi connectivity index (χ3n) is 5.52. The van der Waals surface area contributed by atoms with Gasteiger partial charge in [-0.3, -0.25) is 0 Å². The summed E-state index contributed by atoms with van der Waals surface area (Å²) in [6, 6.07) is 13.5. The molecular formula is C21H23N9O2. The van der Waals surface area contributed by atoms with Gasteiger partial charge in [0.1, 0.15) is 5.82 Å². The topological polar surface area (TPSA) is 120 Å². The maximum atomic E-state index is 6.25. The molecule has 1 aliphatic heterocycles. The molecule has 5 rings (SSSR count). The van der Waals surface area contributed by atoms with Gasteiger partial charge in [0, 0.05) is 37.6 Å². The number of benzene rings is 2. The highest BCUT2D eigenvalue weighted by atomic mass is 16.5. The van der Waals surface area contributed by atoms with E-state index in [2.05, 4.69) is 30.3 Å². The zero-order valence-electron chi connectivity index (χ0n) is 17.8. The number of piperazine rings is 1. The quantitative estimate of drug-likeness (QED) is 0.496. The molecule has 2 N–H and O–H groups in total. The van der Waals surface area contributed by atoms with Crippen LogP contribution in [-0.4, -0.2) is 70.6 Å². The van der Waals surface area contributed by atoms with Gasteiger partial charge in [-0.2, -0.15) is 9.67 Å². The molecule has 0 spiro atoms. The van der Waals surface area contributed by atoms with E-state index < -0.39 is 0 Å². The molecule has 4 aromatic rings. The van der Waals surface area contributed by atoms with Crippen molar-refractivity contribution < 1.29 is 9.47 Å². The minimum atomic E-state index is 0.404. The van der Waals surface area contributed by atoms with E-state index in [1.165, 1.54) is 0 Å². The summed E-state index contributed by atoms with van der Waals surface area (Å²) in [5.41, 5.74) is 7.88. The van der Waals surface area contributed by atoms with E-state index in [-0.39, 0.29) is 0 Å². The Morgan fingerprint density at radius 3 is 2.28 bits per heavy atom. The summed E-state index contributed by atoms with van der Waals surface area (Å²) in [5.74, 6) is 2.90. The lowest BCUT2D eigenvalue weighted by atomic mass is 10.2. The van der Waals surface area contributed by atoms with Crippen LogP contribution in [0.25, 0.3) is 16.6 Å². The number of nitrogens with two attached hydrogens (primary N) is 1. The van der Waals surface area contributed by atoms with Crippen LogP contribution >= 0.6 is 0 Å². The van der Waals surface area contributed by atoms with Crippen molar-refractivity contribution in [2.45, 2.75) is 0 Å². The molecule has 2 aromatic heterocycles. The van der Waals surface area contributed by atoms with Gasteiger partial charge in [-0.25, -0.2) is 4.98 Å². The van der Waals surface area contributed by atoms with Crippen LogP contribution in [0.1, 0.15) is 0 Å². The number of hydrogen-bond acceptors (Lipinski definition) is 10. The Labute approximate surface area is 184 Å². The molecule has 164 valence electrons. The Morgan fingerprint density at radius 1 is 0.875 bits per heavy atom. The summed E-state index contributed by atoms with van der Waals surface area (Å²) in [5, 5.41) is 13.0. The van der Waals surface area contributed by atoms with Crippen molar-refractivity contribution in [2.24, 2.45) is 0 Å². The van der Waals surface area contributed by atoms with Crippen molar-refractivity contribution in [1.82, 2.24) is 30.2 Å². The van der Waals surface area contributed by atoms with E-state index >= 15 is 0 Å². The van der Waals surface area contributed by atoms with Gasteiger partial charge in [-0.05, 0) is 28.6 Å². The first kappa shape index (κ1) is 19.8. The van der Waals surface area contributed by atoms with Crippen LogP contribution in [0.4, 0.5) is 17.7 Å².